The van der Waals surface area contributed by atoms with Crippen LogP contribution in [0.3, 0.4) is 0 Å². The van der Waals surface area contributed by atoms with Gasteiger partial charge in [-0.1, -0.05) is 37.6 Å². The Morgan fingerprint density at radius 2 is 1.88 bits per heavy atom. The van der Waals surface area contributed by atoms with Gasteiger partial charge in [-0.15, -0.1) is 0 Å². The number of hydrogen-bond donors (Lipinski definition) is 1. The minimum absolute atomic E-state index is 0.0148. The average Bonchev–Trinajstić information content (AvgIpc) is 2.19. The molecular weight excluding hydrogens is 253 g/mol. The molecule has 1 unspecified atom stereocenters. The Labute approximate surface area is 103 Å². The van der Waals surface area contributed by atoms with Gasteiger partial charge in [-0.25, -0.2) is 0 Å². The Morgan fingerprint density at radius 3 is 2.29 bits per heavy atom. The summed E-state index contributed by atoms with van der Waals surface area (Å²) < 4.78 is 38.0. The fourth-order valence-electron chi connectivity index (χ4n) is 1.72. The molecule has 0 aliphatic rings. The van der Waals surface area contributed by atoms with E-state index in [0.29, 0.717) is 5.56 Å². The van der Waals surface area contributed by atoms with Crippen LogP contribution in [0, 0.1) is 5.92 Å². The molecule has 0 saturated heterocycles. The van der Waals surface area contributed by atoms with Gasteiger partial charge in [0.2, 0.25) is 0 Å². The van der Waals surface area contributed by atoms with Crippen molar-refractivity contribution >= 4 is 11.6 Å². The smallest absolute Gasteiger partial charge is 0.396 e. The molecule has 0 aromatic heterocycles. The summed E-state index contributed by atoms with van der Waals surface area (Å²) >= 11 is 5.78. The molecule has 1 aromatic rings. The summed E-state index contributed by atoms with van der Waals surface area (Å²) in [6, 6.07) is 3.79. The minimum atomic E-state index is -4.47. The van der Waals surface area contributed by atoms with E-state index in [0.717, 1.165) is 6.07 Å². The molecule has 0 bridgehead atoms. The lowest BCUT2D eigenvalue weighted by Gasteiger charge is -2.21. The molecule has 0 saturated carbocycles. The summed E-state index contributed by atoms with van der Waals surface area (Å²) in [6.07, 6.45) is -4.47. The monoisotopic (exact) mass is 266 g/mol. The number of benzene rings is 1. The summed E-state index contributed by atoms with van der Waals surface area (Å²) in [5.41, 5.74) is -0.505. The number of hydrogen-bond acceptors (Lipinski definition) is 1. The van der Waals surface area contributed by atoms with Crippen LogP contribution in [0.25, 0.3) is 0 Å². The van der Waals surface area contributed by atoms with Gasteiger partial charge >= 0.3 is 6.18 Å². The molecule has 1 N–H and O–H groups in total. The SMILES string of the molecule is CC(C)C(CO)c1cccc(C(F)(F)F)c1Cl. The second-order valence-electron chi connectivity index (χ2n) is 4.24. The van der Waals surface area contributed by atoms with E-state index < -0.39 is 11.7 Å². The zero-order valence-electron chi connectivity index (χ0n) is 9.55. The predicted octanol–water partition coefficient (Wildman–Crippen LogP) is 4.09. The van der Waals surface area contributed by atoms with Gasteiger partial charge in [0.25, 0.3) is 0 Å². The molecule has 5 heteroatoms. The second-order valence-corrected chi connectivity index (χ2v) is 4.62. The Kier molecular flexibility index (Phi) is 4.44. The molecule has 1 rings (SSSR count). The van der Waals surface area contributed by atoms with Crippen LogP contribution in [0.4, 0.5) is 13.2 Å². The first-order valence-electron chi connectivity index (χ1n) is 5.25. The lowest BCUT2D eigenvalue weighted by molar-refractivity contribution is -0.137. The topological polar surface area (TPSA) is 20.2 Å². The number of aliphatic hydroxyl groups is 1. The van der Waals surface area contributed by atoms with Gasteiger partial charge in [-0.3, -0.25) is 0 Å². The highest BCUT2D eigenvalue weighted by atomic mass is 35.5. The van der Waals surface area contributed by atoms with Crippen molar-refractivity contribution in [2.24, 2.45) is 5.92 Å². The molecule has 1 nitrogen and oxygen atoms in total. The summed E-state index contributed by atoms with van der Waals surface area (Å²) in [5.74, 6) is -0.370. The third kappa shape index (κ3) is 3.13. The van der Waals surface area contributed by atoms with Crippen molar-refractivity contribution in [3.63, 3.8) is 0 Å². The van der Waals surface area contributed by atoms with E-state index in [4.69, 9.17) is 11.6 Å². The Morgan fingerprint density at radius 1 is 1.29 bits per heavy atom. The Hall–Kier alpha value is -0.740. The summed E-state index contributed by atoms with van der Waals surface area (Å²) in [6.45, 7) is 3.44. The average molecular weight is 267 g/mol. The third-order valence-electron chi connectivity index (χ3n) is 2.73. The molecule has 1 aromatic carbocycles. The van der Waals surface area contributed by atoms with Crippen LogP contribution < -0.4 is 0 Å². The highest BCUT2D eigenvalue weighted by Gasteiger charge is 2.34. The highest BCUT2D eigenvalue weighted by molar-refractivity contribution is 6.32. The number of aliphatic hydroxyl groups excluding tert-OH is 1. The van der Waals surface area contributed by atoms with Gasteiger partial charge < -0.3 is 5.11 Å². The second kappa shape index (κ2) is 5.27. The lowest BCUT2D eigenvalue weighted by Crippen LogP contribution is -2.14. The van der Waals surface area contributed by atoms with Gasteiger partial charge in [-0.2, -0.15) is 13.2 Å². The Bertz CT molecular complexity index is 388. The number of alkyl halides is 3. The molecule has 0 amide bonds. The van der Waals surface area contributed by atoms with Gasteiger partial charge in [0.05, 0.1) is 17.2 Å². The zero-order chi connectivity index (χ0) is 13.2. The molecule has 17 heavy (non-hydrogen) atoms. The maximum atomic E-state index is 12.7. The fourth-order valence-corrected chi connectivity index (χ4v) is 2.10. The van der Waals surface area contributed by atoms with E-state index in [1.54, 1.807) is 0 Å². The van der Waals surface area contributed by atoms with Crippen molar-refractivity contribution in [3.8, 4) is 0 Å². The summed E-state index contributed by atoms with van der Waals surface area (Å²) in [7, 11) is 0. The van der Waals surface area contributed by atoms with Crippen LogP contribution >= 0.6 is 11.6 Å². The molecule has 1 atom stereocenters. The molecule has 0 aliphatic heterocycles. The van der Waals surface area contributed by atoms with Gasteiger partial charge in [-0.05, 0) is 17.5 Å². The van der Waals surface area contributed by atoms with E-state index >= 15 is 0 Å². The summed E-state index contributed by atoms with van der Waals surface area (Å²) in [5, 5.41) is 8.92. The van der Waals surface area contributed by atoms with Crippen LogP contribution in [0.2, 0.25) is 5.02 Å². The first-order chi connectivity index (χ1) is 7.79. The van der Waals surface area contributed by atoms with Crippen molar-refractivity contribution in [2.45, 2.75) is 25.9 Å². The maximum absolute atomic E-state index is 12.7. The highest BCUT2D eigenvalue weighted by Crippen LogP contribution is 2.39. The van der Waals surface area contributed by atoms with Crippen LogP contribution in [-0.4, -0.2) is 11.7 Å². The molecule has 0 heterocycles. The molecule has 0 aliphatic carbocycles. The van der Waals surface area contributed by atoms with Crippen molar-refractivity contribution < 1.29 is 18.3 Å². The lowest BCUT2D eigenvalue weighted by atomic mass is 9.88. The number of rotatable bonds is 3. The first kappa shape index (κ1) is 14.3. The Balaban J connectivity index is 3.27. The molecule has 0 radical (unpaired) electrons. The van der Waals surface area contributed by atoms with E-state index in [1.807, 2.05) is 13.8 Å². The maximum Gasteiger partial charge on any atom is 0.417 e. The van der Waals surface area contributed by atoms with Crippen molar-refractivity contribution in [3.05, 3.63) is 34.3 Å². The van der Waals surface area contributed by atoms with Gasteiger partial charge in [0, 0.05) is 5.92 Å². The van der Waals surface area contributed by atoms with Crippen LogP contribution in [0.15, 0.2) is 18.2 Å². The van der Waals surface area contributed by atoms with E-state index in [1.165, 1.54) is 12.1 Å². The van der Waals surface area contributed by atoms with Crippen LogP contribution in [0.5, 0.6) is 0 Å². The zero-order valence-corrected chi connectivity index (χ0v) is 10.3. The third-order valence-corrected chi connectivity index (χ3v) is 3.16. The summed E-state index contributed by atoms with van der Waals surface area (Å²) in [4.78, 5) is 0. The van der Waals surface area contributed by atoms with Crippen molar-refractivity contribution in [1.29, 1.82) is 0 Å². The largest absolute Gasteiger partial charge is 0.417 e. The van der Waals surface area contributed by atoms with Crippen LogP contribution in [-0.2, 0) is 6.18 Å². The molecule has 0 spiro atoms. The van der Waals surface area contributed by atoms with E-state index in [9.17, 15) is 18.3 Å². The first-order valence-corrected chi connectivity index (χ1v) is 5.63. The van der Waals surface area contributed by atoms with Gasteiger partial charge in [0.15, 0.2) is 0 Å². The minimum Gasteiger partial charge on any atom is -0.396 e. The molecule has 96 valence electrons. The van der Waals surface area contributed by atoms with Crippen molar-refractivity contribution in [1.82, 2.24) is 0 Å². The normalized spacial score (nSPS) is 14.1. The van der Waals surface area contributed by atoms with Gasteiger partial charge in [0.1, 0.15) is 0 Å². The predicted molar refractivity (Wildman–Crippen MR) is 61.1 cm³/mol. The molecule has 0 fully saturated rings. The number of halogens is 4. The fraction of sp³-hybridized carbons (Fsp3) is 0.500. The molecular formula is C12H14ClF3O. The standard InChI is InChI=1S/C12H14ClF3O/c1-7(2)9(6-17)8-4-3-5-10(11(8)13)12(14,15)16/h3-5,7,9,17H,6H2,1-2H3. The van der Waals surface area contributed by atoms with Crippen molar-refractivity contribution in [2.75, 3.05) is 6.61 Å². The quantitative estimate of drug-likeness (QED) is 0.874. The van der Waals surface area contributed by atoms with E-state index in [-0.39, 0.29) is 23.5 Å². The van der Waals surface area contributed by atoms with E-state index in [2.05, 4.69) is 0 Å². The van der Waals surface area contributed by atoms with Crippen LogP contribution in [0.1, 0.15) is 30.9 Å².